The molecule has 2 aromatic rings. The minimum absolute atomic E-state index is 0.0539. The second-order valence-electron chi connectivity index (χ2n) is 4.82. The van der Waals surface area contributed by atoms with Crippen molar-refractivity contribution in [1.29, 1.82) is 0 Å². The smallest absolute Gasteiger partial charge is 0.276 e. The lowest BCUT2D eigenvalue weighted by molar-refractivity contribution is 0.532. The van der Waals surface area contributed by atoms with E-state index >= 15 is 0 Å². The lowest BCUT2D eigenvalue weighted by atomic mass is 10.4. The van der Waals surface area contributed by atoms with Crippen LogP contribution >= 0.6 is 0 Å². The molecule has 7 nitrogen and oxygen atoms in total. The first-order valence-corrected chi connectivity index (χ1v) is 9.08. The molecule has 0 bridgehead atoms. The summed E-state index contributed by atoms with van der Waals surface area (Å²) in [5.41, 5.74) is 0.224. The maximum absolute atomic E-state index is 13.0. The monoisotopic (exact) mass is 347 g/mol. The van der Waals surface area contributed by atoms with Gasteiger partial charge in [0, 0.05) is 12.2 Å². The van der Waals surface area contributed by atoms with Gasteiger partial charge in [0.05, 0.1) is 21.7 Å². The Kier molecular flexibility index (Phi) is 4.25. The summed E-state index contributed by atoms with van der Waals surface area (Å²) < 4.78 is 62.9. The van der Waals surface area contributed by atoms with Gasteiger partial charge in [0.2, 0.25) is 0 Å². The van der Waals surface area contributed by atoms with Crippen molar-refractivity contribution < 1.29 is 20.7 Å². The van der Waals surface area contributed by atoms with Crippen LogP contribution in [0.25, 0.3) is 0 Å². The van der Waals surface area contributed by atoms with Crippen LogP contribution in [0.5, 0.6) is 0 Å². The summed E-state index contributed by atoms with van der Waals surface area (Å²) in [5, 5.41) is 3.98. The maximum atomic E-state index is 13.0. The molecule has 10 heteroatoms. The van der Waals surface area contributed by atoms with Crippen LogP contribution in [0.4, 0.5) is 9.57 Å². The molecule has 1 heterocycles. The fourth-order valence-electron chi connectivity index (χ4n) is 1.68. The first kappa shape index (κ1) is 16.4. The summed E-state index contributed by atoms with van der Waals surface area (Å²) in [6.45, 7) is 3.75. The topological polar surface area (TPSA) is 98.1 Å². The summed E-state index contributed by atoms with van der Waals surface area (Å²) in [6.07, 6.45) is 2.82. The molecule has 1 aromatic carbocycles. The summed E-state index contributed by atoms with van der Waals surface area (Å²) in [4.78, 5) is -1.07. The average Bonchev–Trinajstić information content (AvgIpc) is 2.86. The Balaban J connectivity index is 2.34. The van der Waals surface area contributed by atoms with E-state index in [2.05, 4.69) is 9.82 Å². The van der Waals surface area contributed by atoms with E-state index in [9.17, 15) is 20.7 Å². The van der Waals surface area contributed by atoms with Gasteiger partial charge in [-0.15, -0.1) is 3.89 Å². The zero-order valence-electron chi connectivity index (χ0n) is 11.8. The van der Waals surface area contributed by atoms with Crippen molar-refractivity contribution in [1.82, 2.24) is 9.78 Å². The number of nitrogens with zero attached hydrogens (tertiary/aromatic N) is 2. The average molecular weight is 347 g/mol. The SMILES string of the molecule is CC(C)n1cc(NS(=O)(=O)c2cccc(S(=O)(=O)F)c2)cn1. The third-order valence-electron chi connectivity index (χ3n) is 2.78. The summed E-state index contributed by atoms with van der Waals surface area (Å²) >= 11 is 0. The number of nitrogens with one attached hydrogen (secondary N) is 1. The van der Waals surface area contributed by atoms with E-state index in [1.807, 2.05) is 13.8 Å². The van der Waals surface area contributed by atoms with Gasteiger partial charge in [0.1, 0.15) is 0 Å². The van der Waals surface area contributed by atoms with Crippen molar-refractivity contribution in [3.05, 3.63) is 36.7 Å². The summed E-state index contributed by atoms with van der Waals surface area (Å²) in [7, 11) is -9.02. The van der Waals surface area contributed by atoms with Gasteiger partial charge in [-0.25, -0.2) is 8.42 Å². The third kappa shape index (κ3) is 3.63. The fourth-order valence-corrected chi connectivity index (χ4v) is 3.34. The van der Waals surface area contributed by atoms with Gasteiger partial charge in [0.25, 0.3) is 10.0 Å². The molecule has 0 aliphatic carbocycles. The minimum atomic E-state index is -4.97. The predicted octanol–water partition coefficient (Wildman–Crippen LogP) is 1.92. The maximum Gasteiger partial charge on any atom is 0.332 e. The Morgan fingerprint density at radius 2 is 1.82 bits per heavy atom. The number of anilines is 1. The molecule has 1 aromatic heterocycles. The van der Waals surface area contributed by atoms with Gasteiger partial charge in [-0.2, -0.15) is 13.5 Å². The van der Waals surface area contributed by atoms with Gasteiger partial charge in [-0.1, -0.05) is 6.07 Å². The van der Waals surface area contributed by atoms with Crippen LogP contribution in [0.15, 0.2) is 46.5 Å². The molecule has 0 saturated heterocycles. The normalized spacial score (nSPS) is 12.5. The highest BCUT2D eigenvalue weighted by molar-refractivity contribution is 7.92. The van der Waals surface area contributed by atoms with E-state index in [0.717, 1.165) is 18.2 Å². The summed E-state index contributed by atoms with van der Waals surface area (Å²) in [5.74, 6) is 0. The van der Waals surface area contributed by atoms with Crippen molar-refractivity contribution >= 4 is 25.9 Å². The third-order valence-corrected chi connectivity index (χ3v) is 4.98. The molecule has 0 atom stereocenters. The van der Waals surface area contributed by atoms with Gasteiger partial charge >= 0.3 is 10.2 Å². The highest BCUT2D eigenvalue weighted by Gasteiger charge is 2.19. The van der Waals surface area contributed by atoms with E-state index in [1.54, 1.807) is 4.68 Å². The standard InChI is InChI=1S/C12H14FN3O4S2/c1-9(2)16-8-10(7-14-16)15-22(19,20)12-5-3-4-11(6-12)21(13,17)18/h3-9,15H,1-2H3. The van der Waals surface area contributed by atoms with Crippen LogP contribution in [-0.2, 0) is 20.2 Å². The number of aromatic nitrogens is 2. The van der Waals surface area contributed by atoms with Crippen molar-refractivity contribution in [3.63, 3.8) is 0 Å². The Labute approximate surface area is 128 Å². The molecule has 22 heavy (non-hydrogen) atoms. The molecule has 120 valence electrons. The lowest BCUT2D eigenvalue weighted by Gasteiger charge is -2.07. The molecule has 0 amide bonds. The van der Waals surface area contributed by atoms with Crippen LogP contribution < -0.4 is 4.72 Å². The number of halogens is 1. The Hall–Kier alpha value is -1.94. The Bertz CT molecular complexity index is 889. The van der Waals surface area contributed by atoms with E-state index in [1.165, 1.54) is 18.5 Å². The molecule has 0 radical (unpaired) electrons. The number of sulfonamides is 1. The molecule has 0 aliphatic heterocycles. The van der Waals surface area contributed by atoms with Crippen molar-refractivity contribution in [2.75, 3.05) is 4.72 Å². The quantitative estimate of drug-likeness (QED) is 0.833. The zero-order chi connectivity index (χ0) is 16.5. The first-order chi connectivity index (χ1) is 10.1. The largest absolute Gasteiger partial charge is 0.332 e. The Morgan fingerprint density at radius 1 is 1.18 bits per heavy atom. The molecule has 2 rings (SSSR count). The molecular weight excluding hydrogens is 333 g/mol. The van der Waals surface area contributed by atoms with Crippen LogP contribution in [0.3, 0.4) is 0 Å². The van der Waals surface area contributed by atoms with Gasteiger partial charge in [-0.3, -0.25) is 9.40 Å². The van der Waals surface area contributed by atoms with Crippen LogP contribution in [0.1, 0.15) is 19.9 Å². The van der Waals surface area contributed by atoms with Crippen LogP contribution in [0.2, 0.25) is 0 Å². The zero-order valence-corrected chi connectivity index (χ0v) is 13.4. The molecule has 0 fully saturated rings. The second kappa shape index (κ2) is 5.69. The first-order valence-electron chi connectivity index (χ1n) is 6.21. The number of rotatable bonds is 5. The number of hydrogen-bond donors (Lipinski definition) is 1. The molecule has 0 aliphatic rings. The van der Waals surface area contributed by atoms with E-state index in [4.69, 9.17) is 0 Å². The predicted molar refractivity (Wildman–Crippen MR) is 78.2 cm³/mol. The van der Waals surface area contributed by atoms with E-state index in [0.29, 0.717) is 0 Å². The van der Waals surface area contributed by atoms with Crippen LogP contribution in [0, 0.1) is 0 Å². The van der Waals surface area contributed by atoms with Crippen molar-refractivity contribution in [2.45, 2.75) is 29.7 Å². The van der Waals surface area contributed by atoms with Crippen molar-refractivity contribution in [3.8, 4) is 0 Å². The highest BCUT2D eigenvalue weighted by Crippen LogP contribution is 2.20. The van der Waals surface area contributed by atoms with Gasteiger partial charge < -0.3 is 0 Å². The number of benzene rings is 1. The molecule has 0 spiro atoms. The number of hydrogen-bond acceptors (Lipinski definition) is 5. The minimum Gasteiger partial charge on any atom is -0.276 e. The van der Waals surface area contributed by atoms with Gasteiger partial charge in [0.15, 0.2) is 0 Å². The highest BCUT2D eigenvalue weighted by atomic mass is 32.3. The van der Waals surface area contributed by atoms with Crippen LogP contribution in [-0.4, -0.2) is 26.6 Å². The molecular formula is C12H14FN3O4S2. The van der Waals surface area contributed by atoms with E-state index in [-0.39, 0.29) is 16.6 Å². The Morgan fingerprint density at radius 3 is 2.36 bits per heavy atom. The molecule has 1 N–H and O–H groups in total. The molecule has 0 saturated carbocycles. The fraction of sp³-hybridized carbons (Fsp3) is 0.250. The van der Waals surface area contributed by atoms with E-state index < -0.39 is 25.1 Å². The molecule has 0 unspecified atom stereocenters. The van der Waals surface area contributed by atoms with Gasteiger partial charge in [-0.05, 0) is 32.0 Å². The van der Waals surface area contributed by atoms with Crippen molar-refractivity contribution in [2.24, 2.45) is 0 Å². The summed E-state index contributed by atoms with van der Waals surface area (Å²) in [6, 6.07) is 4.11. The lowest BCUT2D eigenvalue weighted by Crippen LogP contribution is -2.13. The second-order valence-corrected chi connectivity index (χ2v) is 7.85.